The second-order valence-electron chi connectivity index (χ2n) is 5.50. The molecule has 2 amide bonds. The smallest absolute Gasteiger partial charge is 0.255 e. The predicted molar refractivity (Wildman–Crippen MR) is 83.4 cm³/mol. The number of halogens is 2. The SMILES string of the molecule is CC(=O)N(CCNC(=O)c1c(F)cccc1Cl)C1CCCC1. The first-order valence-corrected chi connectivity index (χ1v) is 7.88. The Bertz CT molecular complexity index is 539. The fourth-order valence-corrected chi connectivity index (χ4v) is 3.15. The molecule has 1 saturated carbocycles. The molecule has 4 nitrogen and oxygen atoms in total. The van der Waals surface area contributed by atoms with Gasteiger partial charge < -0.3 is 10.2 Å². The van der Waals surface area contributed by atoms with Crippen molar-refractivity contribution in [1.82, 2.24) is 10.2 Å². The van der Waals surface area contributed by atoms with Crippen LogP contribution in [0.3, 0.4) is 0 Å². The van der Waals surface area contributed by atoms with Crippen LogP contribution in [0, 0.1) is 5.82 Å². The molecule has 0 heterocycles. The lowest BCUT2D eigenvalue weighted by atomic mass is 10.2. The van der Waals surface area contributed by atoms with Crippen molar-refractivity contribution in [2.45, 2.75) is 38.6 Å². The van der Waals surface area contributed by atoms with Crippen LogP contribution in [0.4, 0.5) is 4.39 Å². The van der Waals surface area contributed by atoms with Gasteiger partial charge in [-0.15, -0.1) is 0 Å². The predicted octanol–water partition coefficient (Wildman–Crippen LogP) is 3.00. The fraction of sp³-hybridized carbons (Fsp3) is 0.500. The Kier molecular flexibility index (Phi) is 5.77. The molecule has 1 aliphatic carbocycles. The Morgan fingerprint density at radius 2 is 2.05 bits per heavy atom. The van der Waals surface area contributed by atoms with Gasteiger partial charge in [0.25, 0.3) is 5.91 Å². The first-order chi connectivity index (χ1) is 10.5. The van der Waals surface area contributed by atoms with Crippen LogP contribution in [0.1, 0.15) is 43.0 Å². The van der Waals surface area contributed by atoms with Gasteiger partial charge in [0.2, 0.25) is 5.91 Å². The van der Waals surface area contributed by atoms with E-state index in [9.17, 15) is 14.0 Å². The van der Waals surface area contributed by atoms with E-state index in [0.717, 1.165) is 25.7 Å². The molecule has 0 atom stereocenters. The number of nitrogens with zero attached hydrogens (tertiary/aromatic N) is 1. The Balaban J connectivity index is 1.91. The monoisotopic (exact) mass is 326 g/mol. The molecule has 22 heavy (non-hydrogen) atoms. The number of hydrogen-bond acceptors (Lipinski definition) is 2. The standard InChI is InChI=1S/C16H20ClFN2O2/c1-11(21)20(12-5-2-3-6-12)10-9-19-16(22)15-13(17)7-4-8-14(15)18/h4,7-8,12H,2-3,5-6,9-10H2,1H3,(H,19,22). The summed E-state index contributed by atoms with van der Waals surface area (Å²) in [6.45, 7) is 2.24. The maximum absolute atomic E-state index is 13.7. The van der Waals surface area contributed by atoms with Crippen molar-refractivity contribution < 1.29 is 14.0 Å². The Morgan fingerprint density at radius 3 is 2.64 bits per heavy atom. The lowest BCUT2D eigenvalue weighted by Crippen LogP contribution is -2.42. The summed E-state index contributed by atoms with van der Waals surface area (Å²) in [6.07, 6.45) is 4.27. The lowest BCUT2D eigenvalue weighted by Gasteiger charge is -2.27. The number of carbonyl (C=O) groups is 2. The highest BCUT2D eigenvalue weighted by Crippen LogP contribution is 2.23. The van der Waals surface area contributed by atoms with E-state index in [4.69, 9.17) is 11.6 Å². The van der Waals surface area contributed by atoms with Crippen molar-refractivity contribution in [2.24, 2.45) is 0 Å². The van der Waals surface area contributed by atoms with Crippen molar-refractivity contribution in [1.29, 1.82) is 0 Å². The van der Waals surface area contributed by atoms with Crippen LogP contribution < -0.4 is 5.32 Å². The van der Waals surface area contributed by atoms with Crippen LogP contribution >= 0.6 is 11.6 Å². The number of benzene rings is 1. The highest BCUT2D eigenvalue weighted by atomic mass is 35.5. The van der Waals surface area contributed by atoms with E-state index in [-0.39, 0.29) is 29.1 Å². The largest absolute Gasteiger partial charge is 0.350 e. The van der Waals surface area contributed by atoms with Gasteiger partial charge in [-0.3, -0.25) is 9.59 Å². The average Bonchev–Trinajstić information content (AvgIpc) is 2.96. The van der Waals surface area contributed by atoms with E-state index < -0.39 is 11.7 Å². The van der Waals surface area contributed by atoms with Crippen molar-refractivity contribution >= 4 is 23.4 Å². The van der Waals surface area contributed by atoms with Crippen LogP contribution in [0.2, 0.25) is 5.02 Å². The first kappa shape index (κ1) is 16.7. The fourth-order valence-electron chi connectivity index (χ4n) is 2.91. The summed E-state index contributed by atoms with van der Waals surface area (Å²) in [4.78, 5) is 25.5. The minimum atomic E-state index is -0.649. The maximum atomic E-state index is 13.7. The molecule has 0 saturated heterocycles. The van der Waals surface area contributed by atoms with Gasteiger partial charge in [0.05, 0.1) is 10.6 Å². The van der Waals surface area contributed by atoms with E-state index in [0.29, 0.717) is 6.54 Å². The summed E-state index contributed by atoms with van der Waals surface area (Å²) in [5, 5.41) is 2.71. The van der Waals surface area contributed by atoms with Crippen molar-refractivity contribution in [3.63, 3.8) is 0 Å². The topological polar surface area (TPSA) is 49.4 Å². The number of hydrogen-bond donors (Lipinski definition) is 1. The van der Waals surface area contributed by atoms with E-state index >= 15 is 0 Å². The molecule has 1 aromatic rings. The van der Waals surface area contributed by atoms with Crippen LogP contribution in [-0.2, 0) is 4.79 Å². The van der Waals surface area contributed by atoms with Crippen molar-refractivity contribution in [3.05, 3.63) is 34.6 Å². The van der Waals surface area contributed by atoms with Crippen molar-refractivity contribution in [3.8, 4) is 0 Å². The molecule has 1 aliphatic rings. The van der Waals surface area contributed by atoms with Gasteiger partial charge in [-0.2, -0.15) is 0 Å². The molecular weight excluding hydrogens is 307 g/mol. The van der Waals surface area contributed by atoms with E-state index in [1.54, 1.807) is 4.90 Å². The van der Waals surface area contributed by atoms with Crippen LogP contribution in [0.5, 0.6) is 0 Å². The molecule has 0 unspecified atom stereocenters. The Morgan fingerprint density at radius 1 is 1.36 bits per heavy atom. The second-order valence-corrected chi connectivity index (χ2v) is 5.91. The first-order valence-electron chi connectivity index (χ1n) is 7.50. The van der Waals surface area contributed by atoms with E-state index in [1.807, 2.05) is 0 Å². The molecule has 1 fully saturated rings. The van der Waals surface area contributed by atoms with Gasteiger partial charge in [-0.25, -0.2) is 4.39 Å². The molecule has 0 bridgehead atoms. The number of amides is 2. The molecule has 1 aromatic carbocycles. The third-order valence-corrected chi connectivity index (χ3v) is 4.31. The van der Waals surface area contributed by atoms with Gasteiger partial charge in [0.15, 0.2) is 0 Å². The summed E-state index contributed by atoms with van der Waals surface area (Å²) >= 11 is 5.85. The van der Waals surface area contributed by atoms with E-state index in [1.165, 1.54) is 25.1 Å². The van der Waals surface area contributed by atoms with Gasteiger partial charge in [0.1, 0.15) is 5.82 Å². The van der Waals surface area contributed by atoms with Crippen molar-refractivity contribution in [2.75, 3.05) is 13.1 Å². The quantitative estimate of drug-likeness (QED) is 0.904. The zero-order valence-electron chi connectivity index (χ0n) is 12.6. The molecular formula is C16H20ClFN2O2. The molecule has 2 rings (SSSR count). The van der Waals surface area contributed by atoms with Gasteiger partial charge in [-0.05, 0) is 25.0 Å². The van der Waals surface area contributed by atoms with Gasteiger partial charge in [-0.1, -0.05) is 30.5 Å². The third-order valence-electron chi connectivity index (χ3n) is 4.00. The highest BCUT2D eigenvalue weighted by molar-refractivity contribution is 6.33. The summed E-state index contributed by atoms with van der Waals surface area (Å²) in [5.41, 5.74) is -0.153. The number of rotatable bonds is 5. The maximum Gasteiger partial charge on any atom is 0.255 e. The molecule has 0 aromatic heterocycles. The molecule has 0 aliphatic heterocycles. The van der Waals surface area contributed by atoms with Gasteiger partial charge >= 0.3 is 0 Å². The zero-order chi connectivity index (χ0) is 16.1. The zero-order valence-corrected chi connectivity index (χ0v) is 13.3. The van der Waals surface area contributed by atoms with E-state index in [2.05, 4.69) is 5.32 Å². The Hall–Kier alpha value is -1.62. The summed E-state index contributed by atoms with van der Waals surface area (Å²) in [6, 6.07) is 4.37. The number of carbonyl (C=O) groups excluding carboxylic acids is 2. The highest BCUT2D eigenvalue weighted by Gasteiger charge is 2.24. The normalized spacial score (nSPS) is 14.9. The summed E-state index contributed by atoms with van der Waals surface area (Å²) in [5.74, 6) is -1.20. The summed E-state index contributed by atoms with van der Waals surface area (Å²) < 4.78 is 13.7. The lowest BCUT2D eigenvalue weighted by molar-refractivity contribution is -0.130. The summed E-state index contributed by atoms with van der Waals surface area (Å²) in [7, 11) is 0. The molecule has 0 spiro atoms. The minimum Gasteiger partial charge on any atom is -0.350 e. The Labute approximate surface area is 134 Å². The average molecular weight is 327 g/mol. The van der Waals surface area contributed by atoms with Crippen LogP contribution in [0.15, 0.2) is 18.2 Å². The van der Waals surface area contributed by atoms with Crippen LogP contribution in [0.25, 0.3) is 0 Å². The third kappa shape index (κ3) is 3.97. The molecule has 0 radical (unpaired) electrons. The molecule has 120 valence electrons. The molecule has 1 N–H and O–H groups in total. The minimum absolute atomic E-state index is 0.00470. The van der Waals surface area contributed by atoms with Crippen LogP contribution in [-0.4, -0.2) is 35.8 Å². The molecule has 6 heteroatoms. The second kappa shape index (κ2) is 7.58. The number of nitrogens with one attached hydrogen (secondary N) is 1. The van der Waals surface area contributed by atoms with Gasteiger partial charge in [0, 0.05) is 26.1 Å².